The fourth-order valence-electron chi connectivity index (χ4n) is 2.03. The Morgan fingerprint density at radius 1 is 1.48 bits per heavy atom. The molecule has 0 aromatic heterocycles. The van der Waals surface area contributed by atoms with Gasteiger partial charge in [0.2, 0.25) is 0 Å². The van der Waals surface area contributed by atoms with Crippen molar-refractivity contribution in [1.29, 1.82) is 0 Å². The van der Waals surface area contributed by atoms with Crippen LogP contribution < -0.4 is 11.1 Å². The topological polar surface area (TPSA) is 67.6 Å². The Kier molecular flexibility index (Phi) is 4.38. The molecule has 0 radical (unpaired) electrons. The van der Waals surface area contributed by atoms with Gasteiger partial charge < -0.3 is 20.7 Å². The van der Waals surface area contributed by atoms with E-state index in [4.69, 9.17) is 5.73 Å². The molecule has 8 heteroatoms. The number of fused-ring (bicyclic) bond motifs is 1. The molecule has 1 aromatic rings. The third-order valence-electron chi connectivity index (χ3n) is 3.12. The molecule has 0 fully saturated rings. The Morgan fingerprint density at radius 2 is 2.19 bits per heavy atom. The van der Waals surface area contributed by atoms with Crippen LogP contribution in [0.2, 0.25) is 0 Å². The maximum Gasteiger partial charge on any atom is 0.411 e. The first-order chi connectivity index (χ1) is 9.76. The molecule has 1 aliphatic heterocycles. The molecule has 5 nitrogen and oxygen atoms in total. The Morgan fingerprint density at radius 3 is 2.86 bits per heavy atom. The summed E-state index contributed by atoms with van der Waals surface area (Å²) in [6.45, 7) is -1.12. The highest BCUT2D eigenvalue weighted by Gasteiger charge is 2.28. The van der Waals surface area contributed by atoms with E-state index in [0.717, 1.165) is 5.56 Å². The summed E-state index contributed by atoms with van der Waals surface area (Å²) < 4.78 is 40.6. The number of alkyl halides is 3. The van der Waals surface area contributed by atoms with E-state index < -0.39 is 18.8 Å². The lowest BCUT2D eigenvalue weighted by Gasteiger charge is -2.27. The van der Waals surface area contributed by atoms with Crippen LogP contribution in [0.3, 0.4) is 0 Å². The molecular formula is C13H16F3N3O2. The van der Waals surface area contributed by atoms with E-state index in [9.17, 15) is 18.0 Å². The van der Waals surface area contributed by atoms with Crippen LogP contribution in [-0.4, -0.2) is 37.4 Å². The van der Waals surface area contributed by atoms with Crippen molar-refractivity contribution in [2.24, 2.45) is 5.73 Å². The minimum Gasteiger partial charge on any atom is -0.370 e. The number of hydrogen-bond acceptors (Lipinski definition) is 3. The number of rotatable bonds is 4. The van der Waals surface area contributed by atoms with E-state index in [0.29, 0.717) is 17.8 Å². The molecular weight excluding hydrogens is 287 g/mol. The molecule has 1 atom stereocenters. The minimum absolute atomic E-state index is 0.201. The Bertz CT molecular complexity index is 534. The van der Waals surface area contributed by atoms with Crippen LogP contribution in [0.15, 0.2) is 18.2 Å². The number of carbonyl (C=O) groups excluding carboxylic acids is 1. The highest BCUT2D eigenvalue weighted by atomic mass is 19.4. The largest absolute Gasteiger partial charge is 0.411 e. The molecule has 1 unspecified atom stereocenters. The molecule has 0 saturated heterocycles. The summed E-state index contributed by atoms with van der Waals surface area (Å²) in [6, 6.07) is 4.28. The third kappa shape index (κ3) is 4.08. The summed E-state index contributed by atoms with van der Waals surface area (Å²) in [5, 5.41) is 2.71. The van der Waals surface area contributed by atoms with Crippen molar-refractivity contribution in [1.82, 2.24) is 4.90 Å². The zero-order valence-corrected chi connectivity index (χ0v) is 11.4. The van der Waals surface area contributed by atoms with Gasteiger partial charge >= 0.3 is 12.2 Å². The maximum atomic E-state index is 12.0. The van der Waals surface area contributed by atoms with Crippen LogP contribution in [0.5, 0.6) is 0 Å². The van der Waals surface area contributed by atoms with E-state index in [2.05, 4.69) is 10.1 Å². The number of carbonyl (C=O) groups is 1. The number of ether oxygens (including phenoxy) is 1. The normalized spacial score (nSPS) is 16.4. The first-order valence-electron chi connectivity index (χ1n) is 6.31. The molecule has 2 amide bonds. The number of nitrogens with zero attached hydrogens (tertiary/aromatic N) is 1. The monoisotopic (exact) mass is 303 g/mol. The van der Waals surface area contributed by atoms with Gasteiger partial charge in [-0.3, -0.25) is 0 Å². The lowest BCUT2D eigenvalue weighted by atomic mass is 10.0. The van der Waals surface area contributed by atoms with Gasteiger partial charge in [-0.1, -0.05) is 12.1 Å². The lowest BCUT2D eigenvalue weighted by molar-refractivity contribution is -0.174. The standard InChI is InChI=1S/C13H16F3N3O2/c1-19-5-9-4-8(2-3-11(9)18-12(19)20)10(17)6-21-7-13(14,15)16/h2-4,10H,5-7,17H2,1H3,(H,18,20). The SMILES string of the molecule is CN1Cc2cc(C(N)COCC(F)(F)F)ccc2NC1=O. The lowest BCUT2D eigenvalue weighted by Crippen LogP contribution is -2.35. The third-order valence-corrected chi connectivity index (χ3v) is 3.12. The Labute approximate surface area is 119 Å². The molecule has 1 aromatic carbocycles. The van der Waals surface area contributed by atoms with Crippen molar-refractivity contribution in [2.75, 3.05) is 25.6 Å². The maximum absolute atomic E-state index is 12.0. The van der Waals surface area contributed by atoms with Crippen molar-refractivity contribution < 1.29 is 22.7 Å². The molecule has 2 rings (SSSR count). The van der Waals surface area contributed by atoms with Gasteiger partial charge in [-0.15, -0.1) is 0 Å². The van der Waals surface area contributed by atoms with E-state index >= 15 is 0 Å². The van der Waals surface area contributed by atoms with Gasteiger partial charge in [0, 0.05) is 19.3 Å². The first-order valence-corrected chi connectivity index (χ1v) is 6.31. The van der Waals surface area contributed by atoms with Gasteiger partial charge in [0.05, 0.1) is 12.6 Å². The summed E-state index contributed by atoms with van der Waals surface area (Å²) in [4.78, 5) is 13.0. The van der Waals surface area contributed by atoms with Crippen molar-refractivity contribution in [3.63, 3.8) is 0 Å². The van der Waals surface area contributed by atoms with Gasteiger partial charge in [0.1, 0.15) is 6.61 Å². The van der Waals surface area contributed by atoms with E-state index in [1.807, 2.05) is 0 Å². The van der Waals surface area contributed by atoms with E-state index in [1.165, 1.54) is 4.90 Å². The number of urea groups is 1. The average molecular weight is 303 g/mol. The number of amides is 2. The Balaban J connectivity index is 2.01. The summed E-state index contributed by atoms with van der Waals surface area (Å²) in [6.07, 6.45) is -4.36. The first kappa shape index (κ1) is 15.6. The predicted octanol–water partition coefficient (Wildman–Crippen LogP) is 2.24. The van der Waals surface area contributed by atoms with Crippen molar-refractivity contribution in [2.45, 2.75) is 18.8 Å². The number of halogens is 3. The zero-order chi connectivity index (χ0) is 15.6. The Hall–Kier alpha value is -1.80. The fourth-order valence-corrected chi connectivity index (χ4v) is 2.03. The average Bonchev–Trinajstić information content (AvgIpc) is 2.38. The highest BCUT2D eigenvalue weighted by Crippen LogP contribution is 2.26. The second-order valence-corrected chi connectivity index (χ2v) is 4.94. The van der Waals surface area contributed by atoms with Crippen LogP contribution in [0.25, 0.3) is 0 Å². The van der Waals surface area contributed by atoms with E-state index in [1.54, 1.807) is 25.2 Å². The summed E-state index contributed by atoms with van der Waals surface area (Å²) in [5.41, 5.74) is 8.04. The molecule has 0 saturated carbocycles. The summed E-state index contributed by atoms with van der Waals surface area (Å²) in [7, 11) is 1.65. The number of benzene rings is 1. The molecule has 0 bridgehead atoms. The molecule has 0 aliphatic carbocycles. The summed E-state index contributed by atoms with van der Waals surface area (Å²) >= 11 is 0. The van der Waals surface area contributed by atoms with Gasteiger partial charge in [-0.25, -0.2) is 4.79 Å². The van der Waals surface area contributed by atoms with Crippen molar-refractivity contribution >= 4 is 11.7 Å². The van der Waals surface area contributed by atoms with Gasteiger partial charge in [0.15, 0.2) is 0 Å². The minimum atomic E-state index is -4.36. The van der Waals surface area contributed by atoms with Crippen LogP contribution >= 0.6 is 0 Å². The predicted molar refractivity (Wildman–Crippen MR) is 70.7 cm³/mol. The number of hydrogen-bond donors (Lipinski definition) is 2. The van der Waals surface area contributed by atoms with Crippen LogP contribution in [0, 0.1) is 0 Å². The second-order valence-electron chi connectivity index (χ2n) is 4.94. The van der Waals surface area contributed by atoms with Crippen molar-refractivity contribution in [3.8, 4) is 0 Å². The summed E-state index contributed by atoms with van der Waals surface area (Å²) in [5.74, 6) is 0. The number of nitrogens with one attached hydrogen (secondary N) is 1. The van der Waals surface area contributed by atoms with Crippen LogP contribution in [-0.2, 0) is 11.3 Å². The zero-order valence-electron chi connectivity index (χ0n) is 11.4. The van der Waals surface area contributed by atoms with Gasteiger partial charge in [-0.2, -0.15) is 13.2 Å². The number of nitrogens with two attached hydrogens (primary N) is 1. The quantitative estimate of drug-likeness (QED) is 0.896. The van der Waals surface area contributed by atoms with Gasteiger partial charge in [0.25, 0.3) is 0 Å². The van der Waals surface area contributed by atoms with Crippen molar-refractivity contribution in [3.05, 3.63) is 29.3 Å². The fraction of sp³-hybridized carbons (Fsp3) is 0.462. The molecule has 0 spiro atoms. The highest BCUT2D eigenvalue weighted by molar-refractivity contribution is 5.92. The molecule has 21 heavy (non-hydrogen) atoms. The number of anilines is 1. The van der Waals surface area contributed by atoms with E-state index in [-0.39, 0.29) is 12.6 Å². The molecule has 1 heterocycles. The smallest absolute Gasteiger partial charge is 0.370 e. The van der Waals surface area contributed by atoms with Gasteiger partial charge in [-0.05, 0) is 17.2 Å². The van der Waals surface area contributed by atoms with Crippen LogP contribution in [0.1, 0.15) is 17.2 Å². The molecule has 3 N–H and O–H groups in total. The molecule has 116 valence electrons. The second kappa shape index (κ2) is 5.90. The van der Waals surface area contributed by atoms with Crippen LogP contribution in [0.4, 0.5) is 23.7 Å². The molecule has 1 aliphatic rings.